The highest BCUT2D eigenvalue weighted by Crippen LogP contribution is 2.27. The third-order valence-corrected chi connectivity index (χ3v) is 3.67. The molecule has 0 aliphatic heterocycles. The Kier molecular flexibility index (Phi) is 4.89. The number of ketones is 1. The van der Waals surface area contributed by atoms with Crippen molar-refractivity contribution < 1.29 is 14.6 Å². The molecule has 1 N–H and O–H groups in total. The quantitative estimate of drug-likeness (QED) is 0.663. The zero-order valence-electron chi connectivity index (χ0n) is 14.0. The lowest BCUT2D eigenvalue weighted by atomic mass is 9.86. The minimum absolute atomic E-state index is 0.0524. The van der Waals surface area contributed by atoms with E-state index in [9.17, 15) is 9.90 Å². The summed E-state index contributed by atoms with van der Waals surface area (Å²) in [5.41, 5.74) is 2.64. The first-order chi connectivity index (χ1) is 10.8. The lowest BCUT2D eigenvalue weighted by Crippen LogP contribution is -2.11. The second kappa shape index (κ2) is 6.69. The summed E-state index contributed by atoms with van der Waals surface area (Å²) in [6.07, 6.45) is 3.19. The molecule has 0 fully saturated rings. The van der Waals surface area contributed by atoms with Crippen molar-refractivity contribution in [1.82, 2.24) is 0 Å². The van der Waals surface area contributed by atoms with Crippen molar-refractivity contribution in [1.29, 1.82) is 0 Å². The first-order valence-corrected chi connectivity index (χ1v) is 7.51. The molecule has 0 atom stereocenters. The van der Waals surface area contributed by atoms with Gasteiger partial charge in [-0.05, 0) is 34.8 Å². The molecule has 0 amide bonds. The van der Waals surface area contributed by atoms with E-state index in [2.05, 4.69) is 20.8 Å². The molecule has 0 saturated carbocycles. The first kappa shape index (κ1) is 16.8. The fraction of sp³-hybridized carbons (Fsp3) is 0.250. The third-order valence-electron chi connectivity index (χ3n) is 3.67. The average molecular weight is 310 g/mol. The fourth-order valence-electron chi connectivity index (χ4n) is 2.21. The van der Waals surface area contributed by atoms with Crippen LogP contribution in [0.1, 0.15) is 42.3 Å². The number of carbonyl (C=O) groups excluding carboxylic acids is 1. The van der Waals surface area contributed by atoms with Crippen LogP contribution in [0.2, 0.25) is 0 Å². The van der Waals surface area contributed by atoms with Gasteiger partial charge >= 0.3 is 0 Å². The second-order valence-corrected chi connectivity index (χ2v) is 6.46. The predicted octanol–water partition coefficient (Wildman–Crippen LogP) is 4.59. The van der Waals surface area contributed by atoms with Crippen LogP contribution in [-0.4, -0.2) is 18.0 Å². The molecule has 3 heteroatoms. The number of hydrogen-bond acceptors (Lipinski definition) is 3. The molecule has 3 nitrogen and oxygen atoms in total. The Morgan fingerprint density at radius 1 is 1.09 bits per heavy atom. The highest BCUT2D eigenvalue weighted by atomic mass is 16.5. The molecular weight excluding hydrogens is 288 g/mol. The Labute approximate surface area is 137 Å². The number of ether oxygens (including phenoxy) is 1. The van der Waals surface area contributed by atoms with Crippen LogP contribution in [0.5, 0.6) is 11.5 Å². The van der Waals surface area contributed by atoms with Gasteiger partial charge < -0.3 is 9.84 Å². The van der Waals surface area contributed by atoms with Crippen molar-refractivity contribution in [3.63, 3.8) is 0 Å². The summed E-state index contributed by atoms with van der Waals surface area (Å²) >= 11 is 0. The van der Waals surface area contributed by atoms with Gasteiger partial charge in [0, 0.05) is 5.56 Å². The summed E-state index contributed by atoms with van der Waals surface area (Å²) in [4.78, 5) is 12.2. The van der Waals surface area contributed by atoms with Crippen LogP contribution < -0.4 is 4.74 Å². The zero-order chi connectivity index (χ0) is 17.0. The van der Waals surface area contributed by atoms with Crippen LogP contribution in [0.25, 0.3) is 6.08 Å². The Morgan fingerprint density at radius 3 is 2.26 bits per heavy atom. The van der Waals surface area contributed by atoms with E-state index in [1.807, 2.05) is 24.3 Å². The fourth-order valence-corrected chi connectivity index (χ4v) is 2.21. The van der Waals surface area contributed by atoms with Crippen LogP contribution >= 0.6 is 0 Å². The van der Waals surface area contributed by atoms with Crippen LogP contribution in [0.15, 0.2) is 48.5 Å². The number of phenolic OH excluding ortho intramolecular Hbond substituents is 1. The van der Waals surface area contributed by atoms with E-state index in [-0.39, 0.29) is 16.9 Å². The van der Waals surface area contributed by atoms with Gasteiger partial charge in [0.25, 0.3) is 0 Å². The SMILES string of the molecule is COc1ccc(/C=C/C(=O)c2ccc(C(C)(C)C)cc2)cc1O. The molecule has 0 spiro atoms. The van der Waals surface area contributed by atoms with Crippen molar-refractivity contribution >= 4 is 11.9 Å². The maximum atomic E-state index is 12.2. The molecule has 0 aliphatic rings. The summed E-state index contributed by atoms with van der Waals surface area (Å²) in [6, 6.07) is 12.7. The molecule has 0 heterocycles. The van der Waals surface area contributed by atoms with E-state index in [0.717, 1.165) is 5.56 Å². The van der Waals surface area contributed by atoms with Crippen molar-refractivity contribution in [2.24, 2.45) is 0 Å². The van der Waals surface area contributed by atoms with Gasteiger partial charge in [0.15, 0.2) is 17.3 Å². The molecule has 0 radical (unpaired) electrons. The van der Waals surface area contributed by atoms with E-state index >= 15 is 0 Å². The van der Waals surface area contributed by atoms with E-state index in [1.54, 1.807) is 24.3 Å². The van der Waals surface area contributed by atoms with Gasteiger partial charge in [-0.15, -0.1) is 0 Å². The van der Waals surface area contributed by atoms with Gasteiger partial charge in [0.05, 0.1) is 7.11 Å². The first-order valence-electron chi connectivity index (χ1n) is 7.51. The highest BCUT2D eigenvalue weighted by molar-refractivity contribution is 6.06. The molecule has 2 aromatic rings. The maximum absolute atomic E-state index is 12.2. The van der Waals surface area contributed by atoms with Gasteiger partial charge in [0.1, 0.15) is 0 Å². The number of methoxy groups -OCH3 is 1. The number of carbonyl (C=O) groups is 1. The van der Waals surface area contributed by atoms with Crippen molar-refractivity contribution in [3.05, 3.63) is 65.2 Å². The molecule has 0 saturated heterocycles. The molecule has 23 heavy (non-hydrogen) atoms. The normalized spacial score (nSPS) is 11.7. The van der Waals surface area contributed by atoms with Crippen molar-refractivity contribution in [3.8, 4) is 11.5 Å². The summed E-state index contributed by atoms with van der Waals surface area (Å²) < 4.78 is 4.99. The van der Waals surface area contributed by atoms with Crippen LogP contribution in [0, 0.1) is 0 Å². The summed E-state index contributed by atoms with van der Waals surface area (Å²) in [7, 11) is 1.50. The minimum atomic E-state index is -0.0687. The van der Waals surface area contributed by atoms with Crippen molar-refractivity contribution in [2.75, 3.05) is 7.11 Å². The summed E-state index contributed by atoms with van der Waals surface area (Å²) in [5.74, 6) is 0.392. The molecule has 0 aromatic heterocycles. The second-order valence-electron chi connectivity index (χ2n) is 6.46. The zero-order valence-corrected chi connectivity index (χ0v) is 14.0. The van der Waals surface area contributed by atoms with E-state index in [1.165, 1.54) is 18.7 Å². The van der Waals surface area contributed by atoms with Gasteiger partial charge in [0.2, 0.25) is 0 Å². The van der Waals surface area contributed by atoms with E-state index < -0.39 is 0 Å². The molecular formula is C20H22O3. The van der Waals surface area contributed by atoms with Gasteiger partial charge in [-0.1, -0.05) is 57.2 Å². The Hall–Kier alpha value is -2.55. The highest BCUT2D eigenvalue weighted by Gasteiger charge is 2.13. The molecule has 2 aromatic carbocycles. The topological polar surface area (TPSA) is 46.5 Å². The Balaban J connectivity index is 2.13. The number of allylic oxidation sites excluding steroid dienone is 1. The number of hydrogen-bond donors (Lipinski definition) is 1. The van der Waals surface area contributed by atoms with E-state index in [4.69, 9.17) is 4.74 Å². The Morgan fingerprint density at radius 2 is 1.74 bits per heavy atom. The van der Waals surface area contributed by atoms with Crippen LogP contribution in [0.4, 0.5) is 0 Å². The number of aromatic hydroxyl groups is 1. The molecule has 2 rings (SSSR count). The minimum Gasteiger partial charge on any atom is -0.504 e. The van der Waals surface area contributed by atoms with Gasteiger partial charge in [-0.25, -0.2) is 0 Å². The standard InChI is InChI=1S/C20H22O3/c1-20(2,3)16-9-7-15(8-10-16)17(21)11-5-14-6-12-19(23-4)18(22)13-14/h5-13,22H,1-4H3/b11-5+. The summed E-state index contributed by atoms with van der Waals surface area (Å²) in [6.45, 7) is 6.42. The van der Waals surface area contributed by atoms with Crippen LogP contribution in [0.3, 0.4) is 0 Å². The smallest absolute Gasteiger partial charge is 0.185 e. The lowest BCUT2D eigenvalue weighted by Gasteiger charge is -2.18. The Bertz CT molecular complexity index is 720. The molecule has 0 unspecified atom stereocenters. The molecule has 0 aliphatic carbocycles. The predicted molar refractivity (Wildman–Crippen MR) is 93.2 cm³/mol. The van der Waals surface area contributed by atoms with Gasteiger partial charge in [-0.3, -0.25) is 4.79 Å². The number of rotatable bonds is 4. The average Bonchev–Trinajstić information content (AvgIpc) is 2.52. The van der Waals surface area contributed by atoms with Crippen molar-refractivity contribution in [2.45, 2.75) is 26.2 Å². The monoisotopic (exact) mass is 310 g/mol. The van der Waals surface area contributed by atoms with Gasteiger partial charge in [-0.2, -0.15) is 0 Å². The summed E-state index contributed by atoms with van der Waals surface area (Å²) in [5, 5.41) is 9.74. The molecule has 0 bridgehead atoms. The molecule has 120 valence electrons. The largest absolute Gasteiger partial charge is 0.504 e. The van der Waals surface area contributed by atoms with E-state index in [0.29, 0.717) is 11.3 Å². The lowest BCUT2D eigenvalue weighted by molar-refractivity contribution is 0.104. The third kappa shape index (κ3) is 4.22. The number of benzene rings is 2. The number of phenols is 1. The maximum Gasteiger partial charge on any atom is 0.185 e. The van der Waals surface area contributed by atoms with Crippen LogP contribution in [-0.2, 0) is 5.41 Å².